The second-order valence-electron chi connectivity index (χ2n) is 6.77. The van der Waals surface area contributed by atoms with Crippen molar-refractivity contribution in [1.29, 1.82) is 0 Å². The highest BCUT2D eigenvalue weighted by molar-refractivity contribution is 5.70. The van der Waals surface area contributed by atoms with E-state index in [0.717, 1.165) is 5.56 Å². The number of aliphatic hydroxyl groups excluding tert-OH is 1. The van der Waals surface area contributed by atoms with Gasteiger partial charge in [0.1, 0.15) is 12.2 Å². The molecule has 7 nitrogen and oxygen atoms in total. The first-order valence-corrected chi connectivity index (χ1v) is 7.88. The van der Waals surface area contributed by atoms with Crippen LogP contribution in [-0.4, -0.2) is 53.0 Å². The number of hydrogen-bond donors (Lipinski definition) is 2. The number of likely N-dealkylation sites (tertiary alicyclic amines) is 1. The molecular weight excluding hydrogens is 312 g/mol. The van der Waals surface area contributed by atoms with Crippen molar-refractivity contribution in [3.8, 4) is 0 Å². The molecule has 2 amide bonds. The highest BCUT2D eigenvalue weighted by Crippen LogP contribution is 2.14. The topological polar surface area (TPSA) is 88.1 Å². The van der Waals surface area contributed by atoms with E-state index in [-0.39, 0.29) is 19.7 Å². The van der Waals surface area contributed by atoms with Gasteiger partial charge in [0.2, 0.25) is 0 Å². The van der Waals surface area contributed by atoms with E-state index < -0.39 is 29.9 Å². The van der Waals surface area contributed by atoms with E-state index in [1.807, 2.05) is 30.3 Å². The largest absolute Gasteiger partial charge is 0.445 e. The van der Waals surface area contributed by atoms with Gasteiger partial charge in [-0.15, -0.1) is 0 Å². The second-order valence-corrected chi connectivity index (χ2v) is 6.77. The maximum Gasteiger partial charge on any atom is 0.410 e. The molecule has 2 atom stereocenters. The Kier molecular flexibility index (Phi) is 5.66. The molecule has 0 saturated carbocycles. The smallest absolute Gasteiger partial charge is 0.410 e. The molecule has 0 unspecified atom stereocenters. The summed E-state index contributed by atoms with van der Waals surface area (Å²) in [6.45, 7) is 5.71. The highest BCUT2D eigenvalue weighted by Gasteiger charge is 2.36. The zero-order valence-electron chi connectivity index (χ0n) is 14.2. The van der Waals surface area contributed by atoms with Crippen LogP contribution in [0.5, 0.6) is 0 Å². The Hall–Kier alpha value is -2.28. The molecule has 1 aromatic carbocycles. The van der Waals surface area contributed by atoms with E-state index >= 15 is 0 Å². The fourth-order valence-corrected chi connectivity index (χ4v) is 2.35. The van der Waals surface area contributed by atoms with E-state index in [0.29, 0.717) is 0 Å². The molecule has 0 spiro atoms. The summed E-state index contributed by atoms with van der Waals surface area (Å²) in [7, 11) is 0. The van der Waals surface area contributed by atoms with Gasteiger partial charge in [0, 0.05) is 6.54 Å². The van der Waals surface area contributed by atoms with E-state index in [1.165, 1.54) is 4.90 Å². The van der Waals surface area contributed by atoms with Crippen LogP contribution in [-0.2, 0) is 16.1 Å². The molecule has 1 aliphatic rings. The number of benzene rings is 1. The Bertz CT molecular complexity index is 570. The normalized spacial score (nSPS) is 20.6. The van der Waals surface area contributed by atoms with Gasteiger partial charge in [0.15, 0.2) is 0 Å². The third-order valence-corrected chi connectivity index (χ3v) is 3.45. The summed E-state index contributed by atoms with van der Waals surface area (Å²) in [5.74, 6) is 0. The number of ether oxygens (including phenoxy) is 2. The minimum absolute atomic E-state index is 0.105. The number of amides is 2. The van der Waals surface area contributed by atoms with Crippen molar-refractivity contribution >= 4 is 12.2 Å². The van der Waals surface area contributed by atoms with Crippen molar-refractivity contribution in [2.45, 2.75) is 45.1 Å². The number of carbonyl (C=O) groups is 2. The van der Waals surface area contributed by atoms with E-state index in [9.17, 15) is 14.7 Å². The van der Waals surface area contributed by atoms with Crippen LogP contribution in [0.4, 0.5) is 9.59 Å². The van der Waals surface area contributed by atoms with Gasteiger partial charge in [-0.3, -0.25) is 0 Å². The van der Waals surface area contributed by atoms with Gasteiger partial charge >= 0.3 is 12.2 Å². The van der Waals surface area contributed by atoms with Gasteiger partial charge in [0.25, 0.3) is 0 Å². The molecule has 1 aliphatic heterocycles. The number of β-amino-alcohol motifs (C(OH)–C–C–N with tert-alkyl or cyclic N) is 1. The molecule has 1 aromatic rings. The Morgan fingerprint density at radius 1 is 1.25 bits per heavy atom. The lowest BCUT2D eigenvalue weighted by Gasteiger charge is -2.22. The number of nitrogens with one attached hydrogen (secondary N) is 1. The van der Waals surface area contributed by atoms with Crippen LogP contribution in [0, 0.1) is 0 Å². The first-order chi connectivity index (χ1) is 11.2. The number of hydrogen-bond acceptors (Lipinski definition) is 5. The van der Waals surface area contributed by atoms with Crippen LogP contribution in [0.25, 0.3) is 0 Å². The predicted molar refractivity (Wildman–Crippen MR) is 87.4 cm³/mol. The highest BCUT2D eigenvalue weighted by atomic mass is 16.6. The SMILES string of the molecule is CC(C)(C)OC(=O)N[C@H]1CN(C(=O)OCc2ccccc2)C[C@@H]1O. The van der Waals surface area contributed by atoms with Crippen molar-refractivity contribution in [2.75, 3.05) is 13.1 Å². The minimum atomic E-state index is -0.859. The third-order valence-electron chi connectivity index (χ3n) is 3.45. The first-order valence-electron chi connectivity index (χ1n) is 7.88. The molecule has 0 aliphatic carbocycles. The van der Waals surface area contributed by atoms with Gasteiger partial charge in [0.05, 0.1) is 18.7 Å². The number of carbonyl (C=O) groups excluding carboxylic acids is 2. The fraction of sp³-hybridized carbons (Fsp3) is 0.529. The van der Waals surface area contributed by atoms with Crippen molar-refractivity contribution in [2.24, 2.45) is 0 Å². The Labute approximate surface area is 141 Å². The van der Waals surface area contributed by atoms with Crippen molar-refractivity contribution in [3.63, 3.8) is 0 Å². The van der Waals surface area contributed by atoms with Crippen LogP contribution in [0.2, 0.25) is 0 Å². The molecule has 2 rings (SSSR count). The van der Waals surface area contributed by atoms with Crippen molar-refractivity contribution in [3.05, 3.63) is 35.9 Å². The zero-order valence-corrected chi connectivity index (χ0v) is 14.2. The van der Waals surface area contributed by atoms with Gasteiger partial charge in [-0.1, -0.05) is 30.3 Å². The number of alkyl carbamates (subject to hydrolysis) is 1. The Morgan fingerprint density at radius 3 is 2.54 bits per heavy atom. The number of aliphatic hydroxyl groups is 1. The van der Waals surface area contributed by atoms with Crippen LogP contribution < -0.4 is 5.32 Å². The van der Waals surface area contributed by atoms with Crippen LogP contribution in [0.3, 0.4) is 0 Å². The molecule has 0 aromatic heterocycles. The molecule has 2 N–H and O–H groups in total. The number of rotatable bonds is 3. The first kappa shape index (κ1) is 18.1. The Balaban J connectivity index is 1.81. The summed E-state index contributed by atoms with van der Waals surface area (Å²) in [6.07, 6.45) is -2.00. The minimum Gasteiger partial charge on any atom is -0.445 e. The molecule has 1 fully saturated rings. The van der Waals surface area contributed by atoms with E-state index in [4.69, 9.17) is 9.47 Å². The summed E-state index contributed by atoms with van der Waals surface area (Å²) < 4.78 is 10.4. The second kappa shape index (κ2) is 7.53. The molecular formula is C17H24N2O5. The van der Waals surface area contributed by atoms with E-state index in [2.05, 4.69) is 5.32 Å². The summed E-state index contributed by atoms with van der Waals surface area (Å²) in [5.41, 5.74) is 0.260. The summed E-state index contributed by atoms with van der Waals surface area (Å²) in [4.78, 5) is 25.2. The average Bonchev–Trinajstić information content (AvgIpc) is 2.85. The third kappa shape index (κ3) is 5.42. The molecule has 7 heteroatoms. The van der Waals surface area contributed by atoms with Gasteiger partial charge in [-0.05, 0) is 26.3 Å². The zero-order chi connectivity index (χ0) is 17.7. The lowest BCUT2D eigenvalue weighted by atomic mass is 10.2. The molecule has 1 saturated heterocycles. The summed E-state index contributed by atoms with van der Waals surface area (Å²) in [5, 5.41) is 12.6. The monoisotopic (exact) mass is 336 g/mol. The average molecular weight is 336 g/mol. The number of nitrogens with zero attached hydrogens (tertiary/aromatic N) is 1. The van der Waals surface area contributed by atoms with Gasteiger partial charge in [-0.25, -0.2) is 9.59 Å². The fourth-order valence-electron chi connectivity index (χ4n) is 2.35. The lowest BCUT2D eigenvalue weighted by Crippen LogP contribution is -2.45. The Morgan fingerprint density at radius 2 is 1.92 bits per heavy atom. The maximum atomic E-state index is 12.1. The van der Waals surface area contributed by atoms with Crippen molar-refractivity contribution in [1.82, 2.24) is 10.2 Å². The van der Waals surface area contributed by atoms with Crippen molar-refractivity contribution < 1.29 is 24.2 Å². The van der Waals surface area contributed by atoms with Crippen LogP contribution >= 0.6 is 0 Å². The molecule has 0 bridgehead atoms. The summed E-state index contributed by atoms with van der Waals surface area (Å²) >= 11 is 0. The van der Waals surface area contributed by atoms with Crippen LogP contribution in [0.15, 0.2) is 30.3 Å². The van der Waals surface area contributed by atoms with Crippen LogP contribution in [0.1, 0.15) is 26.3 Å². The molecule has 24 heavy (non-hydrogen) atoms. The maximum absolute atomic E-state index is 12.1. The quantitative estimate of drug-likeness (QED) is 0.880. The molecule has 0 radical (unpaired) electrons. The van der Waals surface area contributed by atoms with E-state index in [1.54, 1.807) is 20.8 Å². The lowest BCUT2D eigenvalue weighted by molar-refractivity contribution is 0.0461. The molecule has 132 valence electrons. The van der Waals surface area contributed by atoms with Gasteiger partial charge in [-0.2, -0.15) is 0 Å². The predicted octanol–water partition coefficient (Wildman–Crippen LogP) is 1.89. The molecule has 1 heterocycles. The van der Waals surface area contributed by atoms with Gasteiger partial charge < -0.3 is 24.8 Å². The summed E-state index contributed by atoms with van der Waals surface area (Å²) in [6, 6.07) is 8.75. The standard InChI is InChI=1S/C17H24N2O5/c1-17(2,3)24-15(21)18-13-9-19(10-14(13)20)16(22)23-11-12-7-5-4-6-8-12/h4-8,13-14,20H,9-11H2,1-3H3,(H,18,21)/t13-,14-/m0/s1.